The summed E-state index contributed by atoms with van der Waals surface area (Å²) in [5, 5.41) is 2.65. The van der Waals surface area contributed by atoms with Crippen molar-refractivity contribution in [2.75, 3.05) is 45.9 Å². The molecule has 1 aromatic carbocycles. The van der Waals surface area contributed by atoms with Gasteiger partial charge in [0.15, 0.2) is 11.5 Å². The van der Waals surface area contributed by atoms with Gasteiger partial charge in [-0.3, -0.25) is 14.4 Å². The van der Waals surface area contributed by atoms with E-state index in [-0.39, 0.29) is 41.8 Å². The number of rotatable bonds is 6. The number of ether oxygens (including phenoxy) is 3. The highest BCUT2D eigenvalue weighted by atomic mass is 16.5. The Hall–Kier alpha value is -3.50. The van der Waals surface area contributed by atoms with Crippen LogP contribution in [0.15, 0.2) is 12.1 Å². The van der Waals surface area contributed by atoms with Gasteiger partial charge in [0.25, 0.3) is 5.91 Å². The number of likely N-dealkylation sites (tertiary alicyclic amines) is 1. The highest BCUT2D eigenvalue weighted by Crippen LogP contribution is 2.42. The molecule has 5 rings (SSSR count). The Morgan fingerprint density at radius 3 is 2.42 bits per heavy atom. The zero-order valence-corrected chi connectivity index (χ0v) is 20.8. The van der Waals surface area contributed by atoms with Crippen LogP contribution >= 0.6 is 0 Å². The van der Waals surface area contributed by atoms with E-state index in [4.69, 9.17) is 14.2 Å². The standard InChI is InChI=1S/C25H32N4O7/c1-34-19-8-16(9-20(35-2)23(19)36-3)29-24(32)17(26-25(29)33)10-22(31)27-11-14-7-15(13-27)18-5-4-6-21(30)28(18)12-14/h8-9,14-15,17-18H,4-7,10-13H2,1-3H3,(H,26,33)/t14-,15+,17+,18-/m1/s1. The Bertz CT molecular complexity index is 1070. The van der Waals surface area contributed by atoms with E-state index in [0.717, 1.165) is 24.2 Å². The molecule has 4 fully saturated rings. The number of amides is 5. The minimum atomic E-state index is -0.960. The molecule has 4 aliphatic heterocycles. The van der Waals surface area contributed by atoms with Gasteiger partial charge in [0.2, 0.25) is 17.6 Å². The van der Waals surface area contributed by atoms with Crippen molar-refractivity contribution in [3.63, 3.8) is 0 Å². The maximum Gasteiger partial charge on any atom is 0.329 e. The molecule has 1 N–H and O–H groups in total. The van der Waals surface area contributed by atoms with Gasteiger partial charge in [-0.2, -0.15) is 0 Å². The van der Waals surface area contributed by atoms with E-state index in [9.17, 15) is 19.2 Å². The molecule has 4 aliphatic rings. The number of nitrogens with zero attached hydrogens (tertiary/aromatic N) is 3. The maximum absolute atomic E-state index is 13.3. The topological polar surface area (TPSA) is 118 Å². The Morgan fingerprint density at radius 2 is 1.75 bits per heavy atom. The molecule has 0 aliphatic carbocycles. The summed E-state index contributed by atoms with van der Waals surface area (Å²) in [5.41, 5.74) is 0.261. The van der Waals surface area contributed by atoms with Crippen molar-refractivity contribution in [1.82, 2.24) is 15.1 Å². The first-order chi connectivity index (χ1) is 17.3. The molecule has 0 radical (unpaired) electrons. The number of carbonyl (C=O) groups is 4. The first-order valence-electron chi connectivity index (χ1n) is 12.4. The molecular weight excluding hydrogens is 468 g/mol. The molecule has 0 saturated carbocycles. The average molecular weight is 501 g/mol. The lowest BCUT2D eigenvalue weighted by atomic mass is 9.76. The third kappa shape index (κ3) is 4.10. The van der Waals surface area contributed by atoms with Crippen LogP contribution in [0.3, 0.4) is 0 Å². The molecule has 2 bridgehead atoms. The minimum Gasteiger partial charge on any atom is -0.493 e. The number of imide groups is 1. The first kappa shape index (κ1) is 24.2. The number of nitrogens with one attached hydrogen (secondary N) is 1. The number of urea groups is 1. The molecule has 11 heteroatoms. The fourth-order valence-electron chi connectivity index (χ4n) is 6.23. The second-order valence-corrected chi connectivity index (χ2v) is 9.93. The number of benzene rings is 1. The van der Waals surface area contributed by atoms with Gasteiger partial charge in [0.05, 0.1) is 33.4 Å². The normalized spacial score (nSPS) is 27.5. The summed E-state index contributed by atoms with van der Waals surface area (Å²) in [4.78, 5) is 56.5. The van der Waals surface area contributed by atoms with Crippen LogP contribution in [-0.2, 0) is 14.4 Å². The van der Waals surface area contributed by atoms with E-state index in [2.05, 4.69) is 5.32 Å². The van der Waals surface area contributed by atoms with E-state index in [1.807, 2.05) is 9.80 Å². The van der Waals surface area contributed by atoms with Gasteiger partial charge in [-0.25, -0.2) is 9.69 Å². The van der Waals surface area contributed by atoms with Crippen molar-refractivity contribution in [2.45, 2.75) is 44.2 Å². The first-order valence-corrected chi connectivity index (χ1v) is 12.4. The SMILES string of the molecule is COc1cc(N2C(=O)N[C@@H](CC(=O)N3C[C@H]4C[C@@H](C3)[C@H]3CCCC(=O)N3C4)C2=O)cc(OC)c1OC. The zero-order valence-electron chi connectivity index (χ0n) is 20.8. The molecule has 4 saturated heterocycles. The van der Waals surface area contributed by atoms with E-state index >= 15 is 0 Å². The lowest BCUT2D eigenvalue weighted by Gasteiger charge is -2.52. The molecule has 4 atom stereocenters. The lowest BCUT2D eigenvalue weighted by Crippen LogP contribution is -2.61. The lowest BCUT2D eigenvalue weighted by molar-refractivity contribution is -0.149. The molecule has 11 nitrogen and oxygen atoms in total. The van der Waals surface area contributed by atoms with E-state index in [0.29, 0.717) is 43.3 Å². The van der Waals surface area contributed by atoms with Crippen molar-refractivity contribution in [1.29, 1.82) is 0 Å². The molecular formula is C25H32N4O7. The van der Waals surface area contributed by atoms with Crippen LogP contribution in [0.5, 0.6) is 17.2 Å². The third-order valence-electron chi connectivity index (χ3n) is 7.84. The molecule has 0 unspecified atom stereocenters. The zero-order chi connectivity index (χ0) is 25.6. The van der Waals surface area contributed by atoms with E-state index < -0.39 is 18.0 Å². The van der Waals surface area contributed by atoms with Crippen molar-refractivity contribution < 1.29 is 33.4 Å². The molecule has 4 heterocycles. The summed E-state index contributed by atoms with van der Waals surface area (Å²) in [7, 11) is 4.36. The number of methoxy groups -OCH3 is 3. The van der Waals surface area contributed by atoms with Crippen LogP contribution in [-0.4, -0.2) is 86.6 Å². The number of fused-ring (bicyclic) bond motifs is 4. The molecule has 194 valence electrons. The predicted molar refractivity (Wildman–Crippen MR) is 128 cm³/mol. The quantitative estimate of drug-likeness (QED) is 0.587. The van der Waals surface area contributed by atoms with Crippen molar-refractivity contribution >= 4 is 29.4 Å². The van der Waals surface area contributed by atoms with Crippen LogP contribution < -0.4 is 24.4 Å². The number of carbonyl (C=O) groups excluding carboxylic acids is 4. The maximum atomic E-state index is 13.3. The van der Waals surface area contributed by atoms with Gasteiger partial charge in [-0.15, -0.1) is 0 Å². The largest absolute Gasteiger partial charge is 0.493 e. The summed E-state index contributed by atoms with van der Waals surface area (Å²) >= 11 is 0. The number of piperidine rings is 3. The van der Waals surface area contributed by atoms with Crippen LogP contribution in [0.2, 0.25) is 0 Å². The molecule has 0 aromatic heterocycles. The third-order valence-corrected chi connectivity index (χ3v) is 7.84. The fourth-order valence-corrected chi connectivity index (χ4v) is 6.23. The second kappa shape index (κ2) is 9.51. The molecule has 5 amide bonds. The Kier molecular flexibility index (Phi) is 6.40. The van der Waals surface area contributed by atoms with Gasteiger partial charge in [-0.05, 0) is 31.1 Å². The summed E-state index contributed by atoms with van der Waals surface area (Å²) < 4.78 is 16.0. The molecule has 36 heavy (non-hydrogen) atoms. The van der Waals surface area contributed by atoms with Gasteiger partial charge < -0.3 is 29.3 Å². The predicted octanol–water partition coefficient (Wildman–Crippen LogP) is 1.39. The summed E-state index contributed by atoms with van der Waals surface area (Å²) in [6, 6.07) is 1.66. The van der Waals surface area contributed by atoms with Gasteiger partial charge in [-0.1, -0.05) is 0 Å². The van der Waals surface area contributed by atoms with Gasteiger partial charge in [0.1, 0.15) is 6.04 Å². The minimum absolute atomic E-state index is 0.113. The molecule has 0 spiro atoms. The summed E-state index contributed by atoms with van der Waals surface area (Å²) in [5.74, 6) is 1.02. The van der Waals surface area contributed by atoms with Crippen LogP contribution in [0.25, 0.3) is 0 Å². The summed E-state index contributed by atoms with van der Waals surface area (Å²) in [6.45, 7) is 1.84. The Balaban J connectivity index is 1.28. The van der Waals surface area contributed by atoms with Gasteiger partial charge >= 0.3 is 6.03 Å². The Morgan fingerprint density at radius 1 is 1.03 bits per heavy atom. The van der Waals surface area contributed by atoms with Crippen LogP contribution in [0.1, 0.15) is 32.1 Å². The Labute approximate surface area is 209 Å². The van der Waals surface area contributed by atoms with Crippen molar-refractivity contribution in [2.24, 2.45) is 11.8 Å². The van der Waals surface area contributed by atoms with E-state index in [1.165, 1.54) is 33.5 Å². The fraction of sp³-hybridized carbons (Fsp3) is 0.600. The monoisotopic (exact) mass is 500 g/mol. The van der Waals surface area contributed by atoms with Crippen LogP contribution in [0, 0.1) is 11.8 Å². The van der Waals surface area contributed by atoms with E-state index in [1.54, 1.807) is 0 Å². The highest BCUT2D eigenvalue weighted by molar-refractivity contribution is 6.22. The van der Waals surface area contributed by atoms with Crippen molar-refractivity contribution in [3.8, 4) is 17.2 Å². The number of anilines is 1. The smallest absolute Gasteiger partial charge is 0.329 e. The van der Waals surface area contributed by atoms with Gasteiger partial charge in [0, 0.05) is 44.2 Å². The summed E-state index contributed by atoms with van der Waals surface area (Å²) in [6.07, 6.45) is 3.40. The van der Waals surface area contributed by atoms with Crippen LogP contribution in [0.4, 0.5) is 10.5 Å². The highest BCUT2D eigenvalue weighted by Gasteiger charge is 2.46. The number of hydrogen-bond acceptors (Lipinski definition) is 7. The second-order valence-electron chi connectivity index (χ2n) is 9.93. The van der Waals surface area contributed by atoms with Crippen molar-refractivity contribution in [3.05, 3.63) is 12.1 Å². The average Bonchev–Trinajstić information content (AvgIpc) is 3.15. The number of hydrogen-bond donors (Lipinski definition) is 1. The molecule has 1 aromatic rings.